The number of hydrogen-bond acceptors (Lipinski definition) is 5. The first-order valence-electron chi connectivity index (χ1n) is 6.94. The van der Waals surface area contributed by atoms with Crippen molar-refractivity contribution in [3.05, 3.63) is 23.8 Å². The molecule has 1 aromatic rings. The molecule has 2 aliphatic rings. The van der Waals surface area contributed by atoms with Gasteiger partial charge in [0.15, 0.2) is 5.78 Å². The number of ketones is 1. The normalized spacial score (nSPS) is 19.6. The molecule has 0 unspecified atom stereocenters. The van der Waals surface area contributed by atoms with Crippen LogP contribution in [0, 0.1) is 0 Å². The van der Waals surface area contributed by atoms with Crippen molar-refractivity contribution in [2.45, 2.75) is 25.8 Å². The van der Waals surface area contributed by atoms with Gasteiger partial charge in [-0.2, -0.15) is 0 Å². The van der Waals surface area contributed by atoms with E-state index < -0.39 is 5.97 Å². The van der Waals surface area contributed by atoms with Gasteiger partial charge in [0.2, 0.25) is 5.91 Å². The zero-order valence-corrected chi connectivity index (χ0v) is 11.7. The largest absolute Gasteiger partial charge is 0.454 e. The van der Waals surface area contributed by atoms with E-state index in [9.17, 15) is 14.4 Å². The van der Waals surface area contributed by atoms with Gasteiger partial charge in [-0.3, -0.25) is 9.59 Å². The number of fused-ring (bicyclic) bond motifs is 3. The van der Waals surface area contributed by atoms with Crippen LogP contribution in [0.4, 0.5) is 11.4 Å². The summed E-state index contributed by atoms with van der Waals surface area (Å²) < 4.78 is 4.88. The molecule has 2 heterocycles. The third-order valence-electron chi connectivity index (χ3n) is 3.76. The fourth-order valence-corrected chi connectivity index (χ4v) is 2.81. The molecule has 2 aliphatic heterocycles. The molecule has 6 nitrogen and oxygen atoms in total. The maximum Gasteiger partial charge on any atom is 0.338 e. The summed E-state index contributed by atoms with van der Waals surface area (Å²) >= 11 is 0. The monoisotopic (exact) mass is 288 g/mol. The summed E-state index contributed by atoms with van der Waals surface area (Å²) in [6, 6.07) is 4.98. The Kier molecular flexibility index (Phi) is 3.37. The van der Waals surface area contributed by atoms with Crippen LogP contribution in [-0.2, 0) is 14.3 Å². The standard InChI is InChI=1S/C15H16N2O4/c1-9(18)8-21-15(20)10-4-5-12-11(7-10)16-14(19)13-3-2-6-17(12)13/h4-5,7,13H,2-3,6,8H2,1H3,(H,16,19)/t13-/m0/s1. The summed E-state index contributed by atoms with van der Waals surface area (Å²) in [5.41, 5.74) is 1.88. The minimum Gasteiger partial charge on any atom is -0.454 e. The van der Waals surface area contributed by atoms with Crippen LogP contribution in [0.5, 0.6) is 0 Å². The van der Waals surface area contributed by atoms with E-state index in [-0.39, 0.29) is 24.3 Å². The zero-order chi connectivity index (χ0) is 15.0. The van der Waals surface area contributed by atoms with Gasteiger partial charge in [0, 0.05) is 6.54 Å². The second-order valence-corrected chi connectivity index (χ2v) is 5.35. The van der Waals surface area contributed by atoms with Crippen molar-refractivity contribution in [1.29, 1.82) is 0 Å². The molecule has 0 saturated carbocycles. The number of nitrogens with zero attached hydrogens (tertiary/aromatic N) is 1. The molecule has 110 valence electrons. The molecule has 6 heteroatoms. The quantitative estimate of drug-likeness (QED) is 0.850. The molecule has 0 aliphatic carbocycles. The van der Waals surface area contributed by atoms with E-state index in [1.54, 1.807) is 12.1 Å². The fourth-order valence-electron chi connectivity index (χ4n) is 2.81. The number of carbonyl (C=O) groups excluding carboxylic acids is 3. The summed E-state index contributed by atoms with van der Waals surface area (Å²) in [6.45, 7) is 1.96. The van der Waals surface area contributed by atoms with E-state index in [1.165, 1.54) is 6.92 Å². The maximum absolute atomic E-state index is 12.0. The number of esters is 1. The van der Waals surface area contributed by atoms with Crippen molar-refractivity contribution in [1.82, 2.24) is 0 Å². The molecule has 1 aromatic carbocycles. The predicted octanol–water partition coefficient (Wildman–Crippen LogP) is 1.35. The minimum absolute atomic E-state index is 0.0331. The molecule has 0 spiro atoms. The number of anilines is 2. The number of Topliss-reactive ketones (excluding diaryl/α,β-unsaturated/α-hetero) is 1. The Morgan fingerprint density at radius 3 is 3.00 bits per heavy atom. The lowest BCUT2D eigenvalue weighted by Gasteiger charge is -2.33. The Bertz CT molecular complexity index is 626. The molecular formula is C15H16N2O4. The number of nitrogens with one attached hydrogen (secondary N) is 1. The van der Waals surface area contributed by atoms with Crippen LogP contribution in [-0.4, -0.2) is 36.9 Å². The first-order valence-corrected chi connectivity index (χ1v) is 6.94. The predicted molar refractivity (Wildman–Crippen MR) is 76.4 cm³/mol. The van der Waals surface area contributed by atoms with Gasteiger partial charge in [0.05, 0.1) is 16.9 Å². The Hall–Kier alpha value is -2.37. The van der Waals surface area contributed by atoms with Gasteiger partial charge in [-0.25, -0.2) is 4.79 Å². The molecule has 0 bridgehead atoms. The molecule has 1 amide bonds. The van der Waals surface area contributed by atoms with E-state index in [4.69, 9.17) is 4.74 Å². The van der Waals surface area contributed by atoms with Crippen LogP contribution in [0.2, 0.25) is 0 Å². The highest BCUT2D eigenvalue weighted by Crippen LogP contribution is 2.37. The van der Waals surface area contributed by atoms with Crippen LogP contribution in [0.1, 0.15) is 30.1 Å². The third kappa shape index (κ3) is 2.49. The molecule has 1 fully saturated rings. The lowest BCUT2D eigenvalue weighted by Crippen LogP contribution is -2.43. The first kappa shape index (κ1) is 13.6. The molecule has 21 heavy (non-hydrogen) atoms. The number of amides is 1. The fraction of sp³-hybridized carbons (Fsp3) is 0.400. The summed E-state index contributed by atoms with van der Waals surface area (Å²) in [7, 11) is 0. The Balaban J connectivity index is 1.85. The van der Waals surface area contributed by atoms with Crippen LogP contribution in [0.25, 0.3) is 0 Å². The highest BCUT2D eigenvalue weighted by atomic mass is 16.5. The van der Waals surface area contributed by atoms with Crippen LogP contribution in [0.3, 0.4) is 0 Å². The van der Waals surface area contributed by atoms with Gasteiger partial charge in [0.25, 0.3) is 0 Å². The van der Waals surface area contributed by atoms with Gasteiger partial charge < -0.3 is 15.0 Å². The van der Waals surface area contributed by atoms with Crippen molar-refractivity contribution >= 4 is 29.0 Å². The highest BCUT2D eigenvalue weighted by Gasteiger charge is 2.36. The molecule has 0 radical (unpaired) electrons. The lowest BCUT2D eigenvalue weighted by atomic mass is 10.1. The molecule has 1 saturated heterocycles. The van der Waals surface area contributed by atoms with Gasteiger partial charge in [-0.15, -0.1) is 0 Å². The number of hydrogen-bond donors (Lipinski definition) is 1. The maximum atomic E-state index is 12.0. The number of rotatable bonds is 3. The second kappa shape index (κ2) is 5.20. The number of benzene rings is 1. The van der Waals surface area contributed by atoms with Crippen molar-refractivity contribution in [2.75, 3.05) is 23.4 Å². The highest BCUT2D eigenvalue weighted by molar-refractivity contribution is 6.05. The summed E-state index contributed by atoms with van der Waals surface area (Å²) in [6.07, 6.45) is 1.84. The van der Waals surface area contributed by atoms with Gasteiger partial charge in [0.1, 0.15) is 12.6 Å². The van der Waals surface area contributed by atoms with Crippen LogP contribution >= 0.6 is 0 Å². The van der Waals surface area contributed by atoms with Crippen molar-refractivity contribution < 1.29 is 19.1 Å². The Labute approximate surface area is 122 Å². The van der Waals surface area contributed by atoms with Crippen LogP contribution in [0.15, 0.2) is 18.2 Å². The molecular weight excluding hydrogens is 272 g/mol. The average Bonchev–Trinajstić information content (AvgIpc) is 2.94. The number of ether oxygens (including phenoxy) is 1. The molecule has 3 rings (SSSR count). The van der Waals surface area contributed by atoms with Crippen LogP contribution < -0.4 is 10.2 Å². The van der Waals surface area contributed by atoms with Crippen molar-refractivity contribution in [2.24, 2.45) is 0 Å². The zero-order valence-electron chi connectivity index (χ0n) is 11.7. The average molecular weight is 288 g/mol. The van der Waals surface area contributed by atoms with Crippen molar-refractivity contribution in [3.8, 4) is 0 Å². The van der Waals surface area contributed by atoms with E-state index in [0.29, 0.717) is 11.3 Å². The van der Waals surface area contributed by atoms with E-state index in [2.05, 4.69) is 10.2 Å². The number of carbonyl (C=O) groups is 3. The smallest absolute Gasteiger partial charge is 0.338 e. The first-order chi connectivity index (χ1) is 10.1. The molecule has 1 N–H and O–H groups in total. The summed E-state index contributed by atoms with van der Waals surface area (Å²) in [4.78, 5) is 36.8. The van der Waals surface area contributed by atoms with Crippen molar-refractivity contribution in [3.63, 3.8) is 0 Å². The lowest BCUT2D eigenvalue weighted by molar-refractivity contribution is -0.120. The van der Waals surface area contributed by atoms with Gasteiger partial charge >= 0.3 is 5.97 Å². The van der Waals surface area contributed by atoms with E-state index in [0.717, 1.165) is 25.1 Å². The third-order valence-corrected chi connectivity index (χ3v) is 3.76. The molecule has 0 aromatic heterocycles. The van der Waals surface area contributed by atoms with Gasteiger partial charge in [-0.05, 0) is 38.0 Å². The molecule has 1 atom stereocenters. The summed E-state index contributed by atoms with van der Waals surface area (Å²) in [5, 5.41) is 2.84. The van der Waals surface area contributed by atoms with E-state index in [1.807, 2.05) is 6.07 Å². The van der Waals surface area contributed by atoms with Gasteiger partial charge in [-0.1, -0.05) is 0 Å². The Morgan fingerprint density at radius 2 is 2.24 bits per heavy atom. The van der Waals surface area contributed by atoms with E-state index >= 15 is 0 Å². The minimum atomic E-state index is -0.564. The second-order valence-electron chi connectivity index (χ2n) is 5.35. The summed E-state index contributed by atoms with van der Waals surface area (Å²) in [5.74, 6) is -0.811. The SMILES string of the molecule is CC(=O)COC(=O)c1ccc2c(c1)NC(=O)[C@@H]1CCCN21. The topological polar surface area (TPSA) is 75.7 Å². The Morgan fingerprint density at radius 1 is 1.43 bits per heavy atom.